The summed E-state index contributed by atoms with van der Waals surface area (Å²) in [6.07, 6.45) is -1.38. The van der Waals surface area contributed by atoms with Gasteiger partial charge in [0.05, 0.1) is 31.7 Å². The highest BCUT2D eigenvalue weighted by molar-refractivity contribution is 5.32. The highest BCUT2D eigenvalue weighted by Crippen LogP contribution is 2.21. The van der Waals surface area contributed by atoms with E-state index in [0.717, 1.165) is 19.3 Å². The second kappa shape index (κ2) is 10.1. The monoisotopic (exact) mass is 404 g/mol. The largest absolute Gasteiger partial charge is 0.394 e. The lowest BCUT2D eigenvalue weighted by Crippen LogP contribution is -2.58. The van der Waals surface area contributed by atoms with Crippen LogP contribution in [0.2, 0.25) is 0 Å². The van der Waals surface area contributed by atoms with Gasteiger partial charge in [-0.05, 0) is 31.1 Å². The van der Waals surface area contributed by atoms with Gasteiger partial charge in [0.25, 0.3) is 0 Å². The van der Waals surface area contributed by atoms with Crippen LogP contribution in [-0.2, 0) is 9.47 Å². The molecule has 5 N–H and O–H groups in total. The highest BCUT2D eigenvalue weighted by atomic mass is 16.5. The molecule has 9 heteroatoms. The maximum Gasteiger partial charge on any atom is 0.147 e. The van der Waals surface area contributed by atoms with Gasteiger partial charge in [-0.3, -0.25) is 0 Å². The third kappa shape index (κ3) is 5.50. The molecule has 2 saturated heterocycles. The molecule has 0 amide bonds. The van der Waals surface area contributed by atoms with Crippen LogP contribution < -0.4 is 0 Å². The number of aliphatic hydroxyl groups excluding tert-OH is 5. The van der Waals surface area contributed by atoms with Crippen molar-refractivity contribution in [3.05, 3.63) is 23.8 Å². The summed E-state index contributed by atoms with van der Waals surface area (Å²) in [6, 6.07) is 0. The van der Waals surface area contributed by atoms with Crippen molar-refractivity contribution in [2.24, 2.45) is 0 Å². The molecule has 0 aromatic carbocycles. The van der Waals surface area contributed by atoms with Crippen molar-refractivity contribution in [3.8, 4) is 23.7 Å². The molecule has 29 heavy (non-hydrogen) atoms. The number of aliphatic hydroxyl groups is 5. The first kappa shape index (κ1) is 21.6. The van der Waals surface area contributed by atoms with Gasteiger partial charge in [0.1, 0.15) is 48.0 Å². The van der Waals surface area contributed by atoms with Gasteiger partial charge in [-0.1, -0.05) is 11.8 Å². The van der Waals surface area contributed by atoms with E-state index in [1.807, 2.05) is 0 Å². The zero-order valence-electron chi connectivity index (χ0n) is 15.7. The SMILES string of the molecule is OCC1CCCC(C#Cc2cnc(C#C[C@H]3O[C@H](CO)[C@@H](O)[C@H](O)[C@@H]3O)cn2)O1. The molecule has 2 unspecified atom stereocenters. The van der Waals surface area contributed by atoms with Crippen molar-refractivity contribution in [2.75, 3.05) is 13.2 Å². The molecular weight excluding hydrogens is 380 g/mol. The van der Waals surface area contributed by atoms with Crippen LogP contribution in [0.5, 0.6) is 0 Å². The molecule has 7 atom stereocenters. The van der Waals surface area contributed by atoms with Gasteiger partial charge in [0, 0.05) is 0 Å². The third-order valence-electron chi connectivity index (χ3n) is 4.80. The molecule has 0 radical (unpaired) electrons. The summed E-state index contributed by atoms with van der Waals surface area (Å²) in [5.74, 6) is 11.2. The molecular formula is C20H24N2O7. The van der Waals surface area contributed by atoms with Crippen molar-refractivity contribution in [2.45, 2.75) is 62.0 Å². The first-order chi connectivity index (χ1) is 14.0. The van der Waals surface area contributed by atoms with Crippen LogP contribution in [0.15, 0.2) is 12.4 Å². The minimum Gasteiger partial charge on any atom is -0.394 e. The van der Waals surface area contributed by atoms with E-state index >= 15 is 0 Å². The summed E-state index contributed by atoms with van der Waals surface area (Å²) in [7, 11) is 0. The molecule has 3 heterocycles. The van der Waals surface area contributed by atoms with Gasteiger partial charge in [-0.25, -0.2) is 9.97 Å². The zero-order chi connectivity index (χ0) is 20.8. The molecule has 2 aliphatic heterocycles. The summed E-state index contributed by atoms with van der Waals surface area (Å²) >= 11 is 0. The zero-order valence-corrected chi connectivity index (χ0v) is 15.7. The summed E-state index contributed by atoms with van der Waals surface area (Å²) in [5, 5.41) is 47.9. The Kier molecular flexibility index (Phi) is 7.53. The maximum absolute atomic E-state index is 9.97. The molecule has 1 aromatic heterocycles. The highest BCUT2D eigenvalue weighted by Gasteiger charge is 2.42. The van der Waals surface area contributed by atoms with Crippen molar-refractivity contribution in [1.82, 2.24) is 9.97 Å². The second-order valence-electron chi connectivity index (χ2n) is 6.94. The fourth-order valence-electron chi connectivity index (χ4n) is 3.12. The first-order valence-electron chi connectivity index (χ1n) is 9.43. The van der Waals surface area contributed by atoms with Crippen LogP contribution in [0.25, 0.3) is 0 Å². The van der Waals surface area contributed by atoms with Crippen LogP contribution in [0.1, 0.15) is 30.7 Å². The second-order valence-corrected chi connectivity index (χ2v) is 6.94. The smallest absolute Gasteiger partial charge is 0.147 e. The lowest BCUT2D eigenvalue weighted by Gasteiger charge is -2.37. The molecule has 2 fully saturated rings. The van der Waals surface area contributed by atoms with Crippen LogP contribution in [0.4, 0.5) is 0 Å². The molecule has 0 spiro atoms. The number of rotatable bonds is 2. The predicted octanol–water partition coefficient (Wildman–Crippen LogP) is -2.05. The average Bonchev–Trinajstić information content (AvgIpc) is 2.76. The van der Waals surface area contributed by atoms with E-state index in [2.05, 4.69) is 33.6 Å². The first-order valence-corrected chi connectivity index (χ1v) is 9.43. The van der Waals surface area contributed by atoms with Crippen LogP contribution in [0, 0.1) is 23.7 Å². The lowest BCUT2D eigenvalue weighted by atomic mass is 9.95. The molecule has 0 saturated carbocycles. The van der Waals surface area contributed by atoms with Gasteiger partial charge in [0.15, 0.2) is 0 Å². The summed E-state index contributed by atoms with van der Waals surface area (Å²) in [5.41, 5.74) is 0.750. The van der Waals surface area contributed by atoms with Crippen LogP contribution >= 0.6 is 0 Å². The van der Waals surface area contributed by atoms with Gasteiger partial charge in [-0.2, -0.15) is 0 Å². The van der Waals surface area contributed by atoms with Crippen LogP contribution in [0.3, 0.4) is 0 Å². The van der Waals surface area contributed by atoms with Crippen molar-refractivity contribution < 1.29 is 35.0 Å². The molecule has 156 valence electrons. The minimum atomic E-state index is -1.48. The minimum absolute atomic E-state index is 0.0141. The lowest BCUT2D eigenvalue weighted by molar-refractivity contribution is -0.214. The van der Waals surface area contributed by atoms with E-state index in [0.29, 0.717) is 11.4 Å². The normalized spacial score (nSPS) is 34.4. The quantitative estimate of drug-likeness (QED) is 0.352. The number of hydrogen-bond acceptors (Lipinski definition) is 9. The Bertz CT molecular complexity index is 793. The third-order valence-corrected chi connectivity index (χ3v) is 4.80. The summed E-state index contributed by atoms with van der Waals surface area (Å²) in [4.78, 5) is 8.31. The van der Waals surface area contributed by atoms with E-state index < -0.39 is 37.1 Å². The fraction of sp³-hybridized carbons (Fsp3) is 0.600. The van der Waals surface area contributed by atoms with Gasteiger partial charge < -0.3 is 35.0 Å². The Morgan fingerprint density at radius 2 is 1.55 bits per heavy atom. The Labute approximate surface area is 168 Å². The topological polar surface area (TPSA) is 145 Å². The Balaban J connectivity index is 1.62. The Morgan fingerprint density at radius 3 is 2.17 bits per heavy atom. The van der Waals surface area contributed by atoms with E-state index in [-0.39, 0.29) is 18.8 Å². The van der Waals surface area contributed by atoms with Crippen molar-refractivity contribution in [3.63, 3.8) is 0 Å². The standard InChI is InChI=1S/C20H24N2O7/c23-10-15-3-1-2-14(28-15)6-4-12-8-22-13(9-21-12)5-7-16-18(25)20(27)19(26)17(11-24)29-16/h8-9,14-20,23-27H,1-3,10-11H2/t14?,15?,16-,17-,18-,19-,20-/m1/s1. The van der Waals surface area contributed by atoms with Crippen LogP contribution in [-0.4, -0.2) is 91.4 Å². The van der Waals surface area contributed by atoms with E-state index in [1.54, 1.807) is 0 Å². The van der Waals surface area contributed by atoms with Gasteiger partial charge in [0.2, 0.25) is 0 Å². The fourth-order valence-corrected chi connectivity index (χ4v) is 3.12. The molecule has 0 aliphatic carbocycles. The van der Waals surface area contributed by atoms with Crippen molar-refractivity contribution in [1.29, 1.82) is 0 Å². The summed E-state index contributed by atoms with van der Waals surface area (Å²) < 4.78 is 11.0. The van der Waals surface area contributed by atoms with E-state index in [9.17, 15) is 25.5 Å². The van der Waals surface area contributed by atoms with E-state index in [1.165, 1.54) is 12.4 Å². The number of aromatic nitrogens is 2. The van der Waals surface area contributed by atoms with Gasteiger partial charge >= 0.3 is 0 Å². The van der Waals surface area contributed by atoms with Gasteiger partial charge in [-0.15, -0.1) is 0 Å². The Hall–Kier alpha value is -2.08. The molecule has 0 bridgehead atoms. The molecule has 9 nitrogen and oxygen atoms in total. The van der Waals surface area contributed by atoms with E-state index in [4.69, 9.17) is 9.47 Å². The molecule has 1 aromatic rings. The average molecular weight is 404 g/mol. The number of nitrogens with zero attached hydrogens (tertiary/aromatic N) is 2. The number of hydrogen-bond donors (Lipinski definition) is 5. The van der Waals surface area contributed by atoms with Crippen molar-refractivity contribution >= 4 is 0 Å². The Morgan fingerprint density at radius 1 is 0.862 bits per heavy atom. The molecule has 3 rings (SSSR count). The summed E-state index contributed by atoms with van der Waals surface area (Å²) in [6.45, 7) is -0.528. The predicted molar refractivity (Wildman–Crippen MR) is 99.2 cm³/mol. The molecule has 2 aliphatic rings. The maximum atomic E-state index is 9.97. The number of ether oxygens (including phenoxy) is 2.